The summed E-state index contributed by atoms with van der Waals surface area (Å²) in [4.78, 5) is 16.1. The van der Waals surface area contributed by atoms with E-state index in [1.54, 1.807) is 6.07 Å². The van der Waals surface area contributed by atoms with Gasteiger partial charge >= 0.3 is 6.18 Å². The molecule has 1 unspecified atom stereocenters. The summed E-state index contributed by atoms with van der Waals surface area (Å²) in [5, 5.41) is 2.89. The van der Waals surface area contributed by atoms with Crippen LogP contribution in [0.15, 0.2) is 24.3 Å². The molecule has 1 heterocycles. The largest absolute Gasteiger partial charge is 0.416 e. The molecular formula is C17H24F3N3O. The van der Waals surface area contributed by atoms with E-state index in [0.29, 0.717) is 31.9 Å². The van der Waals surface area contributed by atoms with Crippen molar-refractivity contribution in [1.82, 2.24) is 10.2 Å². The van der Waals surface area contributed by atoms with E-state index < -0.39 is 11.7 Å². The van der Waals surface area contributed by atoms with Gasteiger partial charge in [0.25, 0.3) is 0 Å². The molecule has 0 radical (unpaired) electrons. The fourth-order valence-corrected chi connectivity index (χ4v) is 2.82. The second kappa shape index (κ2) is 7.42. The number of anilines is 1. The summed E-state index contributed by atoms with van der Waals surface area (Å²) in [6.45, 7) is 8.16. The van der Waals surface area contributed by atoms with Crippen molar-refractivity contribution in [2.45, 2.75) is 39.0 Å². The van der Waals surface area contributed by atoms with Gasteiger partial charge in [0.2, 0.25) is 5.91 Å². The van der Waals surface area contributed by atoms with Gasteiger partial charge < -0.3 is 10.2 Å². The zero-order chi connectivity index (χ0) is 17.9. The molecule has 134 valence electrons. The molecule has 0 aromatic heterocycles. The normalized spacial score (nSPS) is 17.9. The molecule has 1 aromatic carbocycles. The number of rotatable bonds is 4. The van der Waals surface area contributed by atoms with E-state index >= 15 is 0 Å². The van der Waals surface area contributed by atoms with Crippen LogP contribution in [-0.4, -0.2) is 49.1 Å². The molecule has 0 saturated carbocycles. The van der Waals surface area contributed by atoms with Gasteiger partial charge in [0.15, 0.2) is 0 Å². The number of halogens is 3. The Labute approximate surface area is 140 Å². The lowest BCUT2D eigenvalue weighted by atomic mass is 10.1. The molecule has 2 rings (SSSR count). The maximum atomic E-state index is 12.8. The first-order chi connectivity index (χ1) is 11.2. The van der Waals surface area contributed by atoms with Crippen molar-refractivity contribution >= 4 is 11.6 Å². The number of carbonyl (C=O) groups excluding carboxylic acids is 1. The van der Waals surface area contributed by atoms with E-state index in [1.165, 1.54) is 12.1 Å². The highest BCUT2D eigenvalue weighted by molar-refractivity contribution is 5.81. The Hall–Kier alpha value is -1.76. The molecule has 1 saturated heterocycles. The lowest BCUT2D eigenvalue weighted by Gasteiger charge is -2.38. The first-order valence-corrected chi connectivity index (χ1v) is 8.15. The Bertz CT molecular complexity index is 566. The fraction of sp³-hybridized carbons (Fsp3) is 0.588. The van der Waals surface area contributed by atoms with Crippen LogP contribution in [0.25, 0.3) is 0 Å². The average molecular weight is 343 g/mol. The van der Waals surface area contributed by atoms with E-state index in [2.05, 4.69) is 10.2 Å². The number of nitrogens with zero attached hydrogens (tertiary/aromatic N) is 2. The number of alkyl halides is 3. The summed E-state index contributed by atoms with van der Waals surface area (Å²) in [5.74, 6) is -0.0162. The molecule has 0 spiro atoms. The van der Waals surface area contributed by atoms with Crippen molar-refractivity contribution in [2.75, 3.05) is 31.1 Å². The van der Waals surface area contributed by atoms with Crippen LogP contribution in [0.4, 0.5) is 18.9 Å². The van der Waals surface area contributed by atoms with Gasteiger partial charge in [0.05, 0.1) is 11.6 Å². The molecule has 0 aliphatic carbocycles. The van der Waals surface area contributed by atoms with E-state index in [1.807, 2.05) is 25.7 Å². The predicted octanol–water partition coefficient (Wildman–Crippen LogP) is 2.74. The van der Waals surface area contributed by atoms with Crippen LogP contribution in [0.1, 0.15) is 26.3 Å². The monoisotopic (exact) mass is 343 g/mol. The van der Waals surface area contributed by atoms with Crippen LogP contribution in [0.5, 0.6) is 0 Å². The van der Waals surface area contributed by atoms with E-state index in [-0.39, 0.29) is 18.0 Å². The highest BCUT2D eigenvalue weighted by atomic mass is 19.4. The van der Waals surface area contributed by atoms with E-state index in [0.717, 1.165) is 6.07 Å². The van der Waals surface area contributed by atoms with Crippen LogP contribution >= 0.6 is 0 Å². The molecule has 1 amide bonds. The summed E-state index contributed by atoms with van der Waals surface area (Å²) < 4.78 is 38.5. The zero-order valence-corrected chi connectivity index (χ0v) is 14.2. The molecule has 4 nitrogen and oxygen atoms in total. The minimum atomic E-state index is -4.33. The number of nitrogens with one attached hydrogen (secondary N) is 1. The van der Waals surface area contributed by atoms with Gasteiger partial charge in [-0.2, -0.15) is 13.2 Å². The first-order valence-electron chi connectivity index (χ1n) is 8.15. The fourth-order valence-electron chi connectivity index (χ4n) is 2.82. The quantitative estimate of drug-likeness (QED) is 0.913. The molecule has 1 atom stereocenters. The molecule has 1 fully saturated rings. The molecule has 1 aromatic rings. The standard InChI is InChI=1S/C17H24F3N3O/c1-12(2)21-16(24)13(3)22-7-9-23(10-8-22)15-6-4-5-14(11-15)17(18,19)20/h4-6,11-13H,7-10H2,1-3H3,(H,21,24). The molecule has 1 N–H and O–H groups in total. The number of hydrogen-bond donors (Lipinski definition) is 1. The third-order valence-electron chi connectivity index (χ3n) is 4.21. The highest BCUT2D eigenvalue weighted by Crippen LogP contribution is 2.31. The van der Waals surface area contributed by atoms with Gasteiger partial charge in [-0.05, 0) is 39.0 Å². The lowest BCUT2D eigenvalue weighted by Crippen LogP contribution is -2.54. The third kappa shape index (κ3) is 4.63. The minimum Gasteiger partial charge on any atom is -0.369 e. The van der Waals surface area contributed by atoms with Crippen LogP contribution in [0.3, 0.4) is 0 Å². The Balaban J connectivity index is 1.97. The molecule has 7 heteroatoms. The molecule has 1 aliphatic heterocycles. The summed E-state index contributed by atoms with van der Waals surface area (Å²) in [6.07, 6.45) is -4.33. The van der Waals surface area contributed by atoms with Crippen molar-refractivity contribution in [1.29, 1.82) is 0 Å². The first kappa shape index (κ1) is 18.6. The van der Waals surface area contributed by atoms with Gasteiger partial charge in [-0.25, -0.2) is 0 Å². The van der Waals surface area contributed by atoms with Crippen LogP contribution < -0.4 is 10.2 Å². The van der Waals surface area contributed by atoms with Gasteiger partial charge in [0.1, 0.15) is 0 Å². The number of carbonyl (C=O) groups is 1. The van der Waals surface area contributed by atoms with Crippen molar-refractivity contribution in [2.24, 2.45) is 0 Å². The van der Waals surface area contributed by atoms with Crippen molar-refractivity contribution in [3.8, 4) is 0 Å². The SMILES string of the molecule is CC(C)NC(=O)C(C)N1CCN(c2cccc(C(F)(F)F)c2)CC1. The molecule has 0 bridgehead atoms. The minimum absolute atomic E-state index is 0.0162. The predicted molar refractivity (Wildman–Crippen MR) is 88.0 cm³/mol. The topological polar surface area (TPSA) is 35.6 Å². The van der Waals surface area contributed by atoms with Crippen molar-refractivity contribution < 1.29 is 18.0 Å². The van der Waals surface area contributed by atoms with Gasteiger partial charge in [-0.3, -0.25) is 9.69 Å². The van der Waals surface area contributed by atoms with Crippen molar-refractivity contribution in [3.05, 3.63) is 29.8 Å². The maximum Gasteiger partial charge on any atom is 0.416 e. The third-order valence-corrected chi connectivity index (χ3v) is 4.21. The highest BCUT2D eigenvalue weighted by Gasteiger charge is 2.31. The molecule has 1 aliphatic rings. The van der Waals surface area contributed by atoms with Crippen LogP contribution in [0, 0.1) is 0 Å². The number of amides is 1. The van der Waals surface area contributed by atoms with Gasteiger partial charge in [-0.15, -0.1) is 0 Å². The summed E-state index contributed by atoms with van der Waals surface area (Å²) in [6, 6.07) is 5.24. The Morgan fingerprint density at radius 2 is 1.75 bits per heavy atom. The second-order valence-electron chi connectivity index (χ2n) is 6.41. The maximum absolute atomic E-state index is 12.8. The second-order valence-corrected chi connectivity index (χ2v) is 6.41. The summed E-state index contributed by atoms with van der Waals surface area (Å²) in [7, 11) is 0. The Morgan fingerprint density at radius 3 is 2.29 bits per heavy atom. The molecular weight excluding hydrogens is 319 g/mol. The number of piperazine rings is 1. The van der Waals surface area contributed by atoms with Crippen LogP contribution in [-0.2, 0) is 11.0 Å². The van der Waals surface area contributed by atoms with E-state index in [9.17, 15) is 18.0 Å². The van der Waals surface area contributed by atoms with Crippen LogP contribution in [0.2, 0.25) is 0 Å². The lowest BCUT2D eigenvalue weighted by molar-refractivity contribution is -0.137. The van der Waals surface area contributed by atoms with Gasteiger partial charge in [0, 0.05) is 37.9 Å². The number of hydrogen-bond acceptors (Lipinski definition) is 3. The van der Waals surface area contributed by atoms with Gasteiger partial charge in [-0.1, -0.05) is 6.07 Å². The van der Waals surface area contributed by atoms with E-state index in [4.69, 9.17) is 0 Å². The molecule has 24 heavy (non-hydrogen) atoms. The Morgan fingerprint density at radius 1 is 1.12 bits per heavy atom. The Kier molecular flexibility index (Phi) is 5.74. The summed E-state index contributed by atoms with van der Waals surface area (Å²) in [5.41, 5.74) is -0.0594. The number of benzene rings is 1. The average Bonchev–Trinajstić information content (AvgIpc) is 2.53. The summed E-state index contributed by atoms with van der Waals surface area (Å²) >= 11 is 0. The zero-order valence-electron chi connectivity index (χ0n) is 14.2. The van der Waals surface area contributed by atoms with Crippen molar-refractivity contribution in [3.63, 3.8) is 0 Å². The smallest absolute Gasteiger partial charge is 0.369 e.